The van der Waals surface area contributed by atoms with Gasteiger partial charge < -0.3 is 10.3 Å². The van der Waals surface area contributed by atoms with E-state index in [9.17, 15) is 4.79 Å². The quantitative estimate of drug-likeness (QED) is 0.531. The van der Waals surface area contributed by atoms with E-state index >= 15 is 0 Å². The minimum absolute atomic E-state index is 0.237. The van der Waals surface area contributed by atoms with E-state index in [0.717, 1.165) is 7.48 Å². The molecule has 0 aliphatic rings. The fourth-order valence-electron chi connectivity index (χ4n) is 0.744. The van der Waals surface area contributed by atoms with Gasteiger partial charge in [-0.15, -0.1) is 0 Å². The molecule has 0 bridgehead atoms. The van der Waals surface area contributed by atoms with Crippen molar-refractivity contribution in [2.75, 3.05) is 7.05 Å². The first-order valence-corrected chi connectivity index (χ1v) is 3.43. The minimum atomic E-state index is -0.237. The van der Waals surface area contributed by atoms with Crippen LogP contribution in [0.4, 0.5) is 0 Å². The number of nitrogens with one attached hydrogen (secondary N) is 1. The lowest BCUT2D eigenvalue weighted by molar-refractivity contribution is 0.0958. The van der Waals surface area contributed by atoms with Crippen molar-refractivity contribution >= 4 is 18.9 Å². The lowest BCUT2D eigenvalue weighted by Gasteiger charge is -1.98. The second kappa shape index (κ2) is 3.87. The van der Waals surface area contributed by atoms with Crippen molar-refractivity contribution in [1.29, 1.82) is 0 Å². The predicted molar refractivity (Wildman–Crippen MR) is 45.2 cm³/mol. The molecule has 0 saturated heterocycles. The number of amides is 1. The lowest BCUT2D eigenvalue weighted by atomic mass is 9.91. The molecule has 0 fully saturated rings. The van der Waals surface area contributed by atoms with Crippen LogP contribution in [0.15, 0.2) is 18.3 Å². The topological polar surface area (TPSA) is 62.2 Å². The molecule has 0 atom stereocenters. The Morgan fingerprint density at radius 1 is 1.67 bits per heavy atom. The van der Waals surface area contributed by atoms with Crippen LogP contribution < -0.4 is 10.8 Å². The molecule has 61 valence electrons. The number of carbonyl (C=O) groups is 1. The Labute approximate surface area is 70.9 Å². The molecule has 4 nitrogen and oxygen atoms in total. The normalized spacial score (nSPS) is 9.17. The maximum absolute atomic E-state index is 11.0. The van der Waals surface area contributed by atoms with Gasteiger partial charge in [0.05, 0.1) is 0 Å². The number of carbonyl (C=O) groups excluding carboxylic acids is 1. The monoisotopic (exact) mass is 163 g/mol. The van der Waals surface area contributed by atoms with Crippen LogP contribution in [0.1, 0.15) is 10.5 Å². The minimum Gasteiger partial charge on any atom is -0.450 e. The zero-order valence-corrected chi connectivity index (χ0v) is 6.61. The Balaban J connectivity index is 2.84. The smallest absolute Gasteiger partial charge is 0.328 e. The standard InChI is InChI=1S/C7H8BN2O2/c1-9-7(11)6-3-2-5(8-12)4-10-6/h2-4,12H,1H3,(H,9,11). The van der Waals surface area contributed by atoms with Gasteiger partial charge in [0.2, 0.25) is 0 Å². The molecule has 1 amide bonds. The summed E-state index contributed by atoms with van der Waals surface area (Å²) in [4.78, 5) is 14.8. The second-order valence-corrected chi connectivity index (χ2v) is 2.18. The highest BCUT2D eigenvalue weighted by Gasteiger charge is 2.03. The van der Waals surface area contributed by atoms with E-state index in [2.05, 4.69) is 10.3 Å². The molecule has 12 heavy (non-hydrogen) atoms. The Bertz CT molecular complexity index is 273. The van der Waals surface area contributed by atoms with Crippen molar-refractivity contribution in [3.05, 3.63) is 24.0 Å². The number of nitrogens with zero attached hydrogens (tertiary/aromatic N) is 1. The van der Waals surface area contributed by atoms with Crippen molar-refractivity contribution in [1.82, 2.24) is 10.3 Å². The Morgan fingerprint density at radius 3 is 2.83 bits per heavy atom. The summed E-state index contributed by atoms with van der Waals surface area (Å²) in [5, 5.41) is 11.0. The van der Waals surface area contributed by atoms with Crippen LogP contribution in [0, 0.1) is 0 Å². The van der Waals surface area contributed by atoms with Gasteiger partial charge in [-0.05, 0) is 11.5 Å². The number of hydrogen-bond acceptors (Lipinski definition) is 3. The number of aromatic nitrogens is 1. The highest BCUT2D eigenvalue weighted by molar-refractivity contribution is 6.45. The van der Waals surface area contributed by atoms with Crippen LogP contribution in [0.2, 0.25) is 0 Å². The molecule has 1 rings (SSSR count). The van der Waals surface area contributed by atoms with Crippen LogP contribution >= 0.6 is 0 Å². The van der Waals surface area contributed by atoms with E-state index in [1.165, 1.54) is 13.2 Å². The van der Waals surface area contributed by atoms with Crippen LogP contribution in [-0.4, -0.2) is 30.4 Å². The molecule has 1 aromatic rings. The van der Waals surface area contributed by atoms with Crippen LogP contribution in [0.5, 0.6) is 0 Å². The van der Waals surface area contributed by atoms with E-state index in [0.29, 0.717) is 11.2 Å². The van der Waals surface area contributed by atoms with Gasteiger partial charge >= 0.3 is 7.48 Å². The lowest BCUT2D eigenvalue weighted by Crippen LogP contribution is -2.21. The van der Waals surface area contributed by atoms with E-state index in [4.69, 9.17) is 5.02 Å². The fraction of sp³-hybridized carbons (Fsp3) is 0.143. The summed E-state index contributed by atoms with van der Waals surface area (Å²) in [7, 11) is 2.47. The van der Waals surface area contributed by atoms with E-state index in [-0.39, 0.29) is 5.91 Å². The van der Waals surface area contributed by atoms with Gasteiger partial charge in [-0.3, -0.25) is 9.78 Å². The highest BCUT2D eigenvalue weighted by atomic mass is 16.2. The van der Waals surface area contributed by atoms with Crippen molar-refractivity contribution in [2.24, 2.45) is 0 Å². The van der Waals surface area contributed by atoms with Crippen molar-refractivity contribution in [2.45, 2.75) is 0 Å². The van der Waals surface area contributed by atoms with E-state index in [1.807, 2.05) is 0 Å². The largest absolute Gasteiger partial charge is 0.450 e. The third kappa shape index (κ3) is 1.82. The van der Waals surface area contributed by atoms with Crippen LogP contribution in [0.25, 0.3) is 0 Å². The van der Waals surface area contributed by atoms with Crippen molar-refractivity contribution in [3.8, 4) is 0 Å². The molecule has 5 heteroatoms. The first-order chi connectivity index (χ1) is 5.77. The molecular weight excluding hydrogens is 155 g/mol. The molecule has 0 aromatic carbocycles. The summed E-state index contributed by atoms with van der Waals surface area (Å²) in [6, 6.07) is 3.15. The second-order valence-electron chi connectivity index (χ2n) is 2.18. The van der Waals surface area contributed by atoms with Gasteiger partial charge in [0.25, 0.3) is 5.91 Å². The van der Waals surface area contributed by atoms with Gasteiger partial charge in [-0.1, -0.05) is 6.07 Å². The molecule has 0 aliphatic carbocycles. The molecule has 1 radical (unpaired) electrons. The number of rotatable bonds is 2. The summed E-state index contributed by atoms with van der Waals surface area (Å²) in [6.07, 6.45) is 1.42. The number of pyridine rings is 1. The average Bonchev–Trinajstić information content (AvgIpc) is 2.17. The summed E-state index contributed by atoms with van der Waals surface area (Å²) < 4.78 is 0. The Kier molecular flexibility index (Phi) is 2.82. The zero-order valence-electron chi connectivity index (χ0n) is 6.61. The van der Waals surface area contributed by atoms with E-state index < -0.39 is 0 Å². The Morgan fingerprint density at radius 2 is 2.42 bits per heavy atom. The summed E-state index contributed by atoms with van der Waals surface area (Å²) in [6.45, 7) is 0. The Hall–Kier alpha value is -1.36. The average molecular weight is 163 g/mol. The third-order valence-corrected chi connectivity index (χ3v) is 1.40. The first-order valence-electron chi connectivity index (χ1n) is 3.43. The van der Waals surface area contributed by atoms with Gasteiger partial charge in [-0.2, -0.15) is 0 Å². The molecular formula is C7H8BN2O2. The van der Waals surface area contributed by atoms with Gasteiger partial charge in [-0.25, -0.2) is 0 Å². The third-order valence-electron chi connectivity index (χ3n) is 1.40. The maximum atomic E-state index is 11.0. The summed E-state index contributed by atoms with van der Waals surface area (Å²) >= 11 is 0. The van der Waals surface area contributed by atoms with Gasteiger partial charge in [0.15, 0.2) is 0 Å². The summed E-state index contributed by atoms with van der Waals surface area (Å²) in [5.74, 6) is -0.237. The molecule has 0 saturated carbocycles. The number of hydrogen-bond donors (Lipinski definition) is 2. The molecule has 0 spiro atoms. The van der Waals surface area contributed by atoms with E-state index in [1.54, 1.807) is 12.1 Å². The maximum Gasteiger partial charge on any atom is 0.328 e. The first kappa shape index (κ1) is 8.74. The molecule has 1 heterocycles. The van der Waals surface area contributed by atoms with Gasteiger partial charge in [0.1, 0.15) is 5.69 Å². The van der Waals surface area contributed by atoms with Crippen molar-refractivity contribution in [3.63, 3.8) is 0 Å². The molecule has 0 unspecified atom stereocenters. The predicted octanol–water partition coefficient (Wildman–Crippen LogP) is -1.32. The SMILES string of the molecule is CNC(=O)c1ccc([B]O)cn1. The molecule has 2 N–H and O–H groups in total. The molecule has 0 aliphatic heterocycles. The molecule has 1 aromatic heterocycles. The zero-order chi connectivity index (χ0) is 8.97. The van der Waals surface area contributed by atoms with Crippen molar-refractivity contribution < 1.29 is 9.82 Å². The van der Waals surface area contributed by atoms with Gasteiger partial charge in [0, 0.05) is 13.2 Å². The highest BCUT2D eigenvalue weighted by Crippen LogP contribution is 1.89. The van der Waals surface area contributed by atoms with Crippen LogP contribution in [-0.2, 0) is 0 Å². The summed E-state index contributed by atoms with van der Waals surface area (Å²) in [5.41, 5.74) is 0.908. The van der Waals surface area contributed by atoms with Crippen LogP contribution in [0.3, 0.4) is 0 Å². The fourth-order valence-corrected chi connectivity index (χ4v) is 0.744.